The number of amidine groups is 1. The molecule has 2 aromatic heterocycles. The van der Waals surface area contributed by atoms with Gasteiger partial charge in [-0.15, -0.1) is 0 Å². The molecule has 2 heterocycles. The van der Waals surface area contributed by atoms with E-state index in [9.17, 15) is 14.7 Å². The smallest absolute Gasteiger partial charge is 0.339 e. The minimum atomic E-state index is -1.22. The summed E-state index contributed by atoms with van der Waals surface area (Å²) in [7, 11) is 3.31. The number of aromatic amines is 1. The highest BCUT2D eigenvalue weighted by atomic mass is 16.5. The number of ether oxygens (including phenoxy) is 2. The zero-order valence-electron chi connectivity index (χ0n) is 19.8. The number of fused-ring (bicyclic) bond motifs is 1. The second kappa shape index (κ2) is 9.70. The van der Waals surface area contributed by atoms with Gasteiger partial charge in [0, 0.05) is 26.1 Å². The Hall–Kier alpha value is -5.00. The van der Waals surface area contributed by atoms with Crippen LogP contribution in [0.3, 0.4) is 0 Å². The maximum Gasteiger partial charge on any atom is 0.339 e. The van der Waals surface area contributed by atoms with Crippen molar-refractivity contribution >= 4 is 28.9 Å². The number of carboxylic acid groups (broad SMARTS) is 1. The van der Waals surface area contributed by atoms with Crippen molar-refractivity contribution in [2.75, 3.05) is 14.1 Å². The number of imidazole rings is 1. The largest absolute Gasteiger partial charge is 0.478 e. The molecule has 0 aliphatic carbocycles. The molecule has 12 nitrogen and oxygen atoms in total. The molecular weight excluding hydrogens is 466 g/mol. The van der Waals surface area contributed by atoms with Crippen molar-refractivity contribution < 1.29 is 29.6 Å². The minimum Gasteiger partial charge on any atom is -0.478 e. The summed E-state index contributed by atoms with van der Waals surface area (Å²) in [5, 5.41) is 15.2. The van der Waals surface area contributed by atoms with Crippen LogP contribution in [0.5, 0.6) is 23.4 Å². The molecule has 36 heavy (non-hydrogen) atoms. The summed E-state index contributed by atoms with van der Waals surface area (Å²) < 4.78 is 11.8. The maximum absolute atomic E-state index is 12.4. The number of nitrogens with zero attached hydrogens (tertiary/aromatic N) is 4. The van der Waals surface area contributed by atoms with Crippen LogP contribution in [0.2, 0.25) is 0 Å². The third-order valence-corrected chi connectivity index (χ3v) is 5.13. The van der Waals surface area contributed by atoms with Crippen molar-refractivity contribution in [3.05, 3.63) is 65.0 Å². The van der Waals surface area contributed by atoms with Crippen molar-refractivity contribution in [2.45, 2.75) is 13.3 Å². The quantitative estimate of drug-likeness (QED) is 0.209. The molecule has 0 aliphatic rings. The van der Waals surface area contributed by atoms with E-state index in [0.29, 0.717) is 34.6 Å². The van der Waals surface area contributed by atoms with E-state index in [2.05, 4.69) is 19.9 Å². The average Bonchev–Trinajstić information content (AvgIpc) is 3.27. The highest BCUT2D eigenvalue weighted by Gasteiger charge is 2.20. The third kappa shape index (κ3) is 4.92. The van der Waals surface area contributed by atoms with Crippen LogP contribution in [0.15, 0.2) is 42.5 Å². The highest BCUT2D eigenvalue weighted by Crippen LogP contribution is 2.31. The molecule has 12 heteroatoms. The summed E-state index contributed by atoms with van der Waals surface area (Å²) in [5.41, 5.74) is 6.99. The van der Waals surface area contributed by atoms with Gasteiger partial charge in [-0.05, 0) is 36.4 Å². The molecule has 2 aromatic carbocycles. The van der Waals surface area contributed by atoms with E-state index in [1.54, 1.807) is 38.4 Å². The third-order valence-electron chi connectivity index (χ3n) is 5.13. The first-order valence-electron chi connectivity index (χ1n) is 10.9. The average molecular weight is 491 g/mol. The van der Waals surface area contributed by atoms with Gasteiger partial charge in [-0.1, -0.05) is 13.0 Å². The molecule has 0 aliphatic heterocycles. The molecule has 1 amide bonds. The summed E-state index contributed by atoms with van der Waals surface area (Å²) in [5.74, 6) is -0.428. The van der Waals surface area contributed by atoms with Crippen LogP contribution >= 0.6 is 0 Å². The zero-order valence-corrected chi connectivity index (χ0v) is 19.8. The van der Waals surface area contributed by atoms with E-state index in [-0.39, 0.29) is 40.6 Å². The number of nitrogens with two attached hydrogens (primary N) is 2. The number of carboxylic acids is 1. The predicted octanol–water partition coefficient (Wildman–Crippen LogP) is 1.36. The Morgan fingerprint density at radius 3 is 2.53 bits per heavy atom. The van der Waals surface area contributed by atoms with Crippen LogP contribution in [-0.4, -0.2) is 61.7 Å². The standard InChI is InChI=1S/C24H23N7O5/c1-4-17-27-18-20(28-17)29-24(36-16-11-12(19(25)26)8-9-15(16)23(33)34)30-21(18)35-14-7-5-6-13(10-14)22(32)31(2)3/h5-11H,4H2,1-3H3,(H3,25,26)(H,33,34)(H,27,28,29,30)/p+1. The van der Waals surface area contributed by atoms with Crippen molar-refractivity contribution in [3.63, 3.8) is 0 Å². The molecule has 0 atom stereocenters. The van der Waals surface area contributed by atoms with Gasteiger partial charge in [-0.3, -0.25) is 15.9 Å². The zero-order chi connectivity index (χ0) is 26.0. The number of benzene rings is 2. The number of aromatic nitrogens is 4. The van der Waals surface area contributed by atoms with Gasteiger partial charge in [0.15, 0.2) is 5.65 Å². The molecule has 4 rings (SSSR count). The van der Waals surface area contributed by atoms with Crippen LogP contribution in [0.4, 0.5) is 0 Å². The first kappa shape index (κ1) is 24.1. The maximum atomic E-state index is 12.4. The van der Waals surface area contributed by atoms with Crippen LogP contribution in [0.1, 0.15) is 39.0 Å². The SMILES string of the molecule is CCc1nc2nc(Oc3cc(C(N)=[NH2+])ccc3C(=O)O)nc(Oc3cccc(C(=O)N(C)C)c3)c2[nH]1. The van der Waals surface area contributed by atoms with Gasteiger partial charge in [0.25, 0.3) is 17.6 Å². The molecule has 0 saturated carbocycles. The van der Waals surface area contributed by atoms with E-state index in [0.717, 1.165) is 0 Å². The number of carbonyl (C=O) groups is 2. The summed E-state index contributed by atoms with van der Waals surface area (Å²) in [6.07, 6.45) is 0.593. The Kier molecular flexibility index (Phi) is 6.50. The Morgan fingerprint density at radius 1 is 1.08 bits per heavy atom. The van der Waals surface area contributed by atoms with E-state index < -0.39 is 5.97 Å². The van der Waals surface area contributed by atoms with Gasteiger partial charge in [0.05, 0.1) is 5.56 Å². The van der Waals surface area contributed by atoms with Crippen LogP contribution in [0, 0.1) is 0 Å². The molecule has 4 aromatic rings. The Labute approximate surface area is 205 Å². The number of carbonyl (C=O) groups excluding carboxylic acids is 1. The van der Waals surface area contributed by atoms with Crippen LogP contribution in [0.25, 0.3) is 11.2 Å². The number of H-pyrrole nitrogens is 1. The Balaban J connectivity index is 1.78. The fourth-order valence-corrected chi connectivity index (χ4v) is 3.31. The lowest BCUT2D eigenvalue weighted by Crippen LogP contribution is -2.46. The second-order valence-electron chi connectivity index (χ2n) is 7.95. The number of rotatable bonds is 8. The topological polar surface area (TPSA) is 182 Å². The summed E-state index contributed by atoms with van der Waals surface area (Å²) in [4.78, 5) is 41.7. The van der Waals surface area contributed by atoms with Gasteiger partial charge in [-0.2, -0.15) is 9.97 Å². The van der Waals surface area contributed by atoms with Gasteiger partial charge in [0.2, 0.25) is 0 Å². The molecule has 6 N–H and O–H groups in total. The van der Waals surface area contributed by atoms with Crippen molar-refractivity contribution in [2.24, 2.45) is 5.73 Å². The minimum absolute atomic E-state index is 0.00998. The lowest BCUT2D eigenvalue weighted by molar-refractivity contribution is -0.114. The molecule has 0 radical (unpaired) electrons. The van der Waals surface area contributed by atoms with Crippen LogP contribution < -0.4 is 20.6 Å². The van der Waals surface area contributed by atoms with Crippen LogP contribution in [-0.2, 0) is 6.42 Å². The van der Waals surface area contributed by atoms with E-state index >= 15 is 0 Å². The van der Waals surface area contributed by atoms with E-state index in [1.807, 2.05) is 6.92 Å². The number of hydrogen-bond donors (Lipinski definition) is 4. The Bertz CT molecular complexity index is 1500. The summed E-state index contributed by atoms with van der Waals surface area (Å²) in [6, 6.07) is 10.6. The van der Waals surface area contributed by atoms with Gasteiger partial charge >= 0.3 is 12.0 Å². The summed E-state index contributed by atoms with van der Waals surface area (Å²) in [6.45, 7) is 1.91. The number of aromatic carboxylic acids is 1. The lowest BCUT2D eigenvalue weighted by atomic mass is 10.1. The first-order chi connectivity index (χ1) is 17.2. The molecule has 0 bridgehead atoms. The first-order valence-corrected chi connectivity index (χ1v) is 10.9. The van der Waals surface area contributed by atoms with Gasteiger partial charge < -0.3 is 24.5 Å². The highest BCUT2D eigenvalue weighted by molar-refractivity contribution is 5.97. The second-order valence-corrected chi connectivity index (χ2v) is 7.95. The van der Waals surface area contributed by atoms with Crippen molar-refractivity contribution in [1.29, 1.82) is 0 Å². The number of aryl methyl sites for hydroxylation is 1. The summed E-state index contributed by atoms with van der Waals surface area (Å²) >= 11 is 0. The molecular formula is C24H24N7O5+. The lowest BCUT2D eigenvalue weighted by Gasteiger charge is -2.12. The molecule has 0 unspecified atom stereocenters. The van der Waals surface area contributed by atoms with Crippen molar-refractivity contribution in [3.8, 4) is 23.4 Å². The Morgan fingerprint density at radius 2 is 1.86 bits per heavy atom. The molecule has 0 fully saturated rings. The normalized spacial score (nSPS) is 10.8. The molecule has 0 saturated heterocycles. The monoisotopic (exact) mass is 490 g/mol. The van der Waals surface area contributed by atoms with Crippen molar-refractivity contribution in [1.82, 2.24) is 24.8 Å². The predicted molar refractivity (Wildman–Crippen MR) is 129 cm³/mol. The molecule has 0 spiro atoms. The van der Waals surface area contributed by atoms with E-state index in [4.69, 9.17) is 20.6 Å². The van der Waals surface area contributed by atoms with Gasteiger partial charge in [-0.25, -0.2) is 9.78 Å². The molecule has 184 valence electrons. The number of amides is 1. The van der Waals surface area contributed by atoms with Gasteiger partial charge in [0.1, 0.15) is 28.4 Å². The fraction of sp³-hybridized carbons (Fsp3) is 0.167. The fourth-order valence-electron chi connectivity index (χ4n) is 3.31. The number of hydrogen-bond acceptors (Lipinski definition) is 7. The van der Waals surface area contributed by atoms with E-state index in [1.165, 1.54) is 23.1 Å². The number of nitrogens with one attached hydrogen (secondary N) is 1.